The summed E-state index contributed by atoms with van der Waals surface area (Å²) in [4.78, 5) is 25.9. The van der Waals surface area contributed by atoms with E-state index in [1.165, 1.54) is 4.90 Å². The Balaban J connectivity index is 2.26. The first-order valence-electron chi connectivity index (χ1n) is 8.87. The number of para-hydroxylation sites is 1. The highest BCUT2D eigenvalue weighted by molar-refractivity contribution is 7.89. The normalized spacial score (nSPS) is 12.1. The van der Waals surface area contributed by atoms with Crippen LogP contribution in [0.4, 0.5) is 0 Å². The molecule has 0 bridgehead atoms. The molecule has 0 aliphatic rings. The summed E-state index contributed by atoms with van der Waals surface area (Å²) in [7, 11) is -0.607. The Morgan fingerprint density at radius 2 is 1.79 bits per heavy atom. The highest BCUT2D eigenvalue weighted by atomic mass is 32.2. The molecule has 2 amide bonds. The van der Waals surface area contributed by atoms with Crippen molar-refractivity contribution in [1.82, 2.24) is 18.8 Å². The summed E-state index contributed by atoms with van der Waals surface area (Å²) in [5.74, 6) is -0.899. The second-order valence-electron chi connectivity index (χ2n) is 7.24. The van der Waals surface area contributed by atoms with Gasteiger partial charge in [0.05, 0.1) is 29.4 Å². The minimum absolute atomic E-state index is 0.0146. The van der Waals surface area contributed by atoms with Gasteiger partial charge in [0.25, 0.3) is 5.91 Å². The number of carbonyl (C=O) groups excluding carboxylic acids is 2. The van der Waals surface area contributed by atoms with E-state index in [1.54, 1.807) is 20.2 Å². The lowest BCUT2D eigenvalue weighted by Gasteiger charge is -2.12. The van der Waals surface area contributed by atoms with Crippen LogP contribution in [0, 0.1) is 0 Å². The first kappa shape index (κ1) is 19.9. The number of amides is 2. The van der Waals surface area contributed by atoms with E-state index in [1.807, 2.05) is 42.7 Å². The Labute approximate surface area is 163 Å². The molecule has 3 rings (SSSR count). The molecule has 9 heteroatoms. The van der Waals surface area contributed by atoms with Gasteiger partial charge in [-0.05, 0) is 26.0 Å². The zero-order chi connectivity index (χ0) is 20.8. The molecular weight excluding hydrogens is 380 g/mol. The summed E-state index contributed by atoms with van der Waals surface area (Å²) < 4.78 is 28.3. The summed E-state index contributed by atoms with van der Waals surface area (Å²) >= 11 is 0. The fourth-order valence-corrected chi connectivity index (χ4v) is 4.41. The third kappa shape index (κ3) is 3.26. The minimum Gasteiger partial charge on any atom is -0.347 e. The minimum atomic E-state index is -3.77. The van der Waals surface area contributed by atoms with Gasteiger partial charge in [0.2, 0.25) is 15.9 Å². The number of rotatable bonds is 5. The number of nitrogens with one attached hydrogen (secondary N) is 1. The van der Waals surface area contributed by atoms with Crippen LogP contribution in [0.5, 0.6) is 0 Å². The number of hydrogen-bond donors (Lipinski definition) is 1. The molecule has 150 valence electrons. The van der Waals surface area contributed by atoms with Gasteiger partial charge in [-0.3, -0.25) is 9.59 Å². The van der Waals surface area contributed by atoms with Gasteiger partial charge in [0.1, 0.15) is 5.69 Å². The Bertz CT molecular complexity index is 1190. The first-order chi connectivity index (χ1) is 13.0. The van der Waals surface area contributed by atoms with E-state index < -0.39 is 15.9 Å². The number of nitrogens with zero attached hydrogens (tertiary/aromatic N) is 3. The van der Waals surface area contributed by atoms with E-state index in [0.29, 0.717) is 11.0 Å². The molecule has 0 aliphatic carbocycles. The number of aromatic nitrogens is 2. The molecular formula is C19H24N4O4S. The van der Waals surface area contributed by atoms with Gasteiger partial charge in [-0.25, -0.2) is 12.4 Å². The molecule has 0 aliphatic heterocycles. The number of likely N-dealkylation sites (N-methyl/N-ethyl adjacent to an activating group) is 1. The van der Waals surface area contributed by atoms with Crippen LogP contribution >= 0.6 is 0 Å². The van der Waals surface area contributed by atoms with E-state index in [9.17, 15) is 18.0 Å². The number of carbonyl (C=O) groups is 2. The lowest BCUT2D eigenvalue weighted by atomic mass is 10.2. The van der Waals surface area contributed by atoms with Crippen molar-refractivity contribution in [3.63, 3.8) is 0 Å². The Kier molecular flexibility index (Phi) is 4.97. The SMILES string of the molecule is CC(C)n1c2ccccc2c2c1cc(C(=O)NCC(=O)N(C)C)n2S(C)(=O)=O. The molecule has 0 spiro atoms. The van der Waals surface area contributed by atoms with Crippen LogP contribution in [-0.2, 0) is 14.8 Å². The average molecular weight is 404 g/mol. The molecule has 0 saturated heterocycles. The van der Waals surface area contributed by atoms with Gasteiger partial charge in [0, 0.05) is 25.5 Å². The third-order valence-corrected chi connectivity index (χ3v) is 5.64. The molecule has 0 fully saturated rings. The van der Waals surface area contributed by atoms with Crippen molar-refractivity contribution in [3.8, 4) is 0 Å². The second kappa shape index (κ2) is 6.97. The molecule has 0 unspecified atom stereocenters. The molecule has 1 aromatic carbocycles. The fourth-order valence-electron chi connectivity index (χ4n) is 3.39. The standard InChI is InChI=1S/C19H24N4O4S/c1-12(2)22-14-9-7-6-8-13(14)18-15(22)10-16(23(18)28(5,26)27)19(25)20-11-17(24)21(3)4/h6-10,12H,11H2,1-5H3,(H,20,25). The molecule has 0 saturated carbocycles. The molecule has 2 aromatic heterocycles. The number of hydrogen-bond acceptors (Lipinski definition) is 4. The molecule has 1 N–H and O–H groups in total. The maximum absolute atomic E-state index is 12.7. The van der Waals surface area contributed by atoms with Crippen LogP contribution in [0.3, 0.4) is 0 Å². The smallest absolute Gasteiger partial charge is 0.269 e. The van der Waals surface area contributed by atoms with Gasteiger partial charge in [-0.2, -0.15) is 0 Å². The van der Waals surface area contributed by atoms with Gasteiger partial charge in [-0.1, -0.05) is 18.2 Å². The Hall–Kier alpha value is -2.81. The van der Waals surface area contributed by atoms with Crippen molar-refractivity contribution >= 4 is 43.8 Å². The van der Waals surface area contributed by atoms with Crippen molar-refractivity contribution in [1.29, 1.82) is 0 Å². The van der Waals surface area contributed by atoms with Crippen LogP contribution in [-0.4, -0.2) is 60.6 Å². The zero-order valence-electron chi connectivity index (χ0n) is 16.6. The summed E-state index contributed by atoms with van der Waals surface area (Å²) in [5, 5.41) is 3.27. The topological polar surface area (TPSA) is 93.4 Å². The lowest BCUT2D eigenvalue weighted by Crippen LogP contribution is -2.37. The highest BCUT2D eigenvalue weighted by Gasteiger charge is 2.27. The zero-order valence-corrected chi connectivity index (χ0v) is 17.4. The monoisotopic (exact) mass is 404 g/mol. The van der Waals surface area contributed by atoms with Gasteiger partial charge in [0.15, 0.2) is 0 Å². The van der Waals surface area contributed by atoms with Crippen molar-refractivity contribution < 1.29 is 18.0 Å². The Morgan fingerprint density at radius 3 is 2.36 bits per heavy atom. The number of fused-ring (bicyclic) bond motifs is 3. The average Bonchev–Trinajstić information content (AvgIpc) is 3.13. The van der Waals surface area contributed by atoms with Crippen molar-refractivity contribution in [2.45, 2.75) is 19.9 Å². The van der Waals surface area contributed by atoms with E-state index in [0.717, 1.165) is 21.1 Å². The van der Waals surface area contributed by atoms with E-state index in [-0.39, 0.29) is 24.2 Å². The highest BCUT2D eigenvalue weighted by Crippen LogP contribution is 2.35. The van der Waals surface area contributed by atoms with Gasteiger partial charge in [-0.15, -0.1) is 0 Å². The summed E-state index contributed by atoms with van der Waals surface area (Å²) in [6, 6.07) is 9.13. The molecule has 0 radical (unpaired) electrons. The van der Waals surface area contributed by atoms with Crippen LogP contribution in [0.2, 0.25) is 0 Å². The fraction of sp³-hybridized carbons (Fsp3) is 0.368. The summed E-state index contributed by atoms with van der Waals surface area (Å²) in [5.41, 5.74) is 2.01. The molecule has 0 atom stereocenters. The van der Waals surface area contributed by atoms with Crippen LogP contribution < -0.4 is 5.32 Å². The summed E-state index contributed by atoms with van der Waals surface area (Å²) in [6.45, 7) is 3.79. The molecule has 2 heterocycles. The molecule has 3 aromatic rings. The first-order valence-corrected chi connectivity index (χ1v) is 10.7. The van der Waals surface area contributed by atoms with Crippen molar-refractivity contribution in [3.05, 3.63) is 36.0 Å². The van der Waals surface area contributed by atoms with Crippen LogP contribution in [0.25, 0.3) is 21.9 Å². The van der Waals surface area contributed by atoms with Gasteiger partial charge >= 0.3 is 0 Å². The molecule has 28 heavy (non-hydrogen) atoms. The van der Waals surface area contributed by atoms with E-state index >= 15 is 0 Å². The maximum Gasteiger partial charge on any atom is 0.269 e. The van der Waals surface area contributed by atoms with Crippen LogP contribution in [0.15, 0.2) is 30.3 Å². The van der Waals surface area contributed by atoms with E-state index in [2.05, 4.69) is 5.32 Å². The van der Waals surface area contributed by atoms with E-state index in [4.69, 9.17) is 0 Å². The molecule has 8 nitrogen and oxygen atoms in total. The largest absolute Gasteiger partial charge is 0.347 e. The third-order valence-electron chi connectivity index (χ3n) is 4.60. The predicted molar refractivity (Wildman–Crippen MR) is 109 cm³/mol. The summed E-state index contributed by atoms with van der Waals surface area (Å²) in [6.07, 6.45) is 1.07. The Morgan fingerprint density at radius 1 is 1.14 bits per heavy atom. The van der Waals surface area contributed by atoms with Gasteiger partial charge < -0.3 is 14.8 Å². The predicted octanol–water partition coefficient (Wildman–Crippen LogP) is 1.80. The lowest BCUT2D eigenvalue weighted by molar-refractivity contribution is -0.127. The number of benzene rings is 1. The second-order valence-corrected chi connectivity index (χ2v) is 9.07. The maximum atomic E-state index is 12.7. The van der Waals surface area contributed by atoms with Crippen molar-refractivity contribution in [2.24, 2.45) is 0 Å². The van der Waals surface area contributed by atoms with Crippen molar-refractivity contribution in [2.75, 3.05) is 26.9 Å². The van der Waals surface area contributed by atoms with Crippen LogP contribution in [0.1, 0.15) is 30.4 Å². The quantitative estimate of drug-likeness (QED) is 0.702.